The van der Waals surface area contributed by atoms with Crippen LogP contribution in [-0.2, 0) is 0 Å². The van der Waals surface area contributed by atoms with Gasteiger partial charge in [-0.3, -0.25) is 4.90 Å². The van der Waals surface area contributed by atoms with Crippen molar-refractivity contribution in [3.63, 3.8) is 0 Å². The van der Waals surface area contributed by atoms with Crippen LogP contribution in [0, 0.1) is 11.8 Å². The van der Waals surface area contributed by atoms with Crippen LogP contribution < -0.4 is 5.32 Å². The van der Waals surface area contributed by atoms with E-state index in [9.17, 15) is 0 Å². The Labute approximate surface area is 111 Å². The van der Waals surface area contributed by atoms with Gasteiger partial charge >= 0.3 is 0 Å². The summed E-state index contributed by atoms with van der Waals surface area (Å²) in [6.07, 6.45) is 9.25. The van der Waals surface area contributed by atoms with E-state index in [0.29, 0.717) is 12.6 Å². The summed E-state index contributed by atoms with van der Waals surface area (Å²) in [5.41, 5.74) is 0. The number of likely N-dealkylation sites (tertiary alicyclic amines) is 1. The van der Waals surface area contributed by atoms with E-state index in [1.807, 2.05) is 0 Å². The molecule has 0 aromatic rings. The fourth-order valence-electron chi connectivity index (χ4n) is 3.37. The zero-order valence-corrected chi connectivity index (χ0v) is 11.5. The average molecular weight is 252 g/mol. The van der Waals surface area contributed by atoms with Crippen molar-refractivity contribution in [1.82, 2.24) is 10.2 Å². The van der Waals surface area contributed by atoms with Crippen LogP contribution in [-0.4, -0.2) is 48.3 Å². The van der Waals surface area contributed by atoms with Gasteiger partial charge in [0.15, 0.2) is 0 Å². The summed E-state index contributed by atoms with van der Waals surface area (Å²) in [6.45, 7) is 4.16. The van der Waals surface area contributed by atoms with E-state index >= 15 is 0 Å². The Balaban J connectivity index is 1.48. The predicted octanol–water partition coefficient (Wildman–Crippen LogP) is 1.61. The van der Waals surface area contributed by atoms with Crippen LogP contribution in [0.15, 0.2) is 0 Å². The van der Waals surface area contributed by atoms with Gasteiger partial charge in [-0.15, -0.1) is 0 Å². The Bertz CT molecular complexity index is 263. The third kappa shape index (κ3) is 3.69. The molecule has 3 rings (SSSR count). The third-order valence-electron chi connectivity index (χ3n) is 4.79. The zero-order chi connectivity index (χ0) is 12.4. The van der Waals surface area contributed by atoms with E-state index in [0.717, 1.165) is 24.3 Å². The molecule has 0 amide bonds. The molecule has 18 heavy (non-hydrogen) atoms. The summed E-state index contributed by atoms with van der Waals surface area (Å²) in [5, 5.41) is 12.8. The first kappa shape index (κ1) is 12.9. The van der Waals surface area contributed by atoms with E-state index < -0.39 is 0 Å². The van der Waals surface area contributed by atoms with Crippen molar-refractivity contribution in [2.75, 3.05) is 26.2 Å². The molecular weight excluding hydrogens is 224 g/mol. The summed E-state index contributed by atoms with van der Waals surface area (Å²) in [7, 11) is 0. The maximum absolute atomic E-state index is 9.01. The number of nitrogens with zero attached hydrogens (tertiary/aromatic N) is 1. The van der Waals surface area contributed by atoms with Crippen molar-refractivity contribution in [2.45, 2.75) is 57.0 Å². The molecule has 2 atom stereocenters. The molecule has 2 unspecified atom stereocenters. The maximum Gasteiger partial charge on any atom is 0.0431 e. The summed E-state index contributed by atoms with van der Waals surface area (Å²) < 4.78 is 0. The second-order valence-electron chi connectivity index (χ2n) is 6.70. The van der Waals surface area contributed by atoms with Crippen LogP contribution in [0.2, 0.25) is 0 Å². The van der Waals surface area contributed by atoms with Crippen molar-refractivity contribution in [2.24, 2.45) is 11.8 Å². The van der Waals surface area contributed by atoms with Gasteiger partial charge in [-0.25, -0.2) is 0 Å². The number of hydrogen-bond acceptors (Lipinski definition) is 3. The van der Waals surface area contributed by atoms with E-state index in [4.69, 9.17) is 5.11 Å². The van der Waals surface area contributed by atoms with Crippen molar-refractivity contribution in [1.29, 1.82) is 0 Å². The molecule has 0 bridgehead atoms. The van der Waals surface area contributed by atoms with Crippen molar-refractivity contribution < 1.29 is 5.11 Å². The molecule has 3 aliphatic rings. The zero-order valence-electron chi connectivity index (χ0n) is 11.5. The van der Waals surface area contributed by atoms with Crippen LogP contribution in [0.5, 0.6) is 0 Å². The van der Waals surface area contributed by atoms with Crippen LogP contribution in [0.3, 0.4) is 0 Å². The molecule has 2 aliphatic carbocycles. The van der Waals surface area contributed by atoms with E-state index in [-0.39, 0.29) is 0 Å². The smallest absolute Gasteiger partial charge is 0.0431 e. The topological polar surface area (TPSA) is 35.5 Å². The minimum Gasteiger partial charge on any atom is -0.396 e. The lowest BCUT2D eigenvalue weighted by atomic mass is 9.90. The Kier molecular flexibility index (Phi) is 4.22. The molecule has 2 N–H and O–H groups in total. The van der Waals surface area contributed by atoms with Crippen LogP contribution >= 0.6 is 0 Å². The van der Waals surface area contributed by atoms with Crippen molar-refractivity contribution in [3.8, 4) is 0 Å². The first-order valence-corrected chi connectivity index (χ1v) is 7.93. The van der Waals surface area contributed by atoms with E-state index in [2.05, 4.69) is 10.2 Å². The lowest BCUT2D eigenvalue weighted by Gasteiger charge is -2.38. The fourth-order valence-corrected chi connectivity index (χ4v) is 3.37. The lowest BCUT2D eigenvalue weighted by Crippen LogP contribution is -2.50. The van der Waals surface area contributed by atoms with Gasteiger partial charge in [-0.1, -0.05) is 0 Å². The highest BCUT2D eigenvalue weighted by molar-refractivity contribution is 4.93. The fraction of sp³-hybridized carbons (Fsp3) is 1.00. The summed E-state index contributed by atoms with van der Waals surface area (Å²) in [6, 6.07) is 1.61. The van der Waals surface area contributed by atoms with Crippen LogP contribution in [0.1, 0.15) is 44.9 Å². The Morgan fingerprint density at radius 1 is 1.06 bits per heavy atom. The van der Waals surface area contributed by atoms with Gasteiger partial charge in [0, 0.05) is 31.8 Å². The van der Waals surface area contributed by atoms with Crippen molar-refractivity contribution >= 4 is 0 Å². The van der Waals surface area contributed by atoms with E-state index in [1.54, 1.807) is 0 Å². The molecular formula is C15H28N2O. The minimum atomic E-state index is 0.361. The van der Waals surface area contributed by atoms with Crippen molar-refractivity contribution in [3.05, 3.63) is 0 Å². The van der Waals surface area contributed by atoms with Gasteiger partial charge in [0.25, 0.3) is 0 Å². The Morgan fingerprint density at radius 2 is 1.89 bits per heavy atom. The quantitative estimate of drug-likeness (QED) is 0.722. The normalized spacial score (nSPS) is 33.8. The lowest BCUT2D eigenvalue weighted by molar-refractivity contribution is 0.122. The molecule has 1 saturated heterocycles. The highest BCUT2D eigenvalue weighted by Crippen LogP contribution is 2.33. The summed E-state index contributed by atoms with van der Waals surface area (Å²) in [4.78, 5) is 2.72. The molecule has 0 spiro atoms. The largest absolute Gasteiger partial charge is 0.396 e. The summed E-state index contributed by atoms with van der Waals surface area (Å²) >= 11 is 0. The van der Waals surface area contributed by atoms with Crippen LogP contribution in [0.25, 0.3) is 0 Å². The molecule has 3 fully saturated rings. The number of hydrogen-bond donors (Lipinski definition) is 2. The molecule has 0 aromatic carbocycles. The molecule has 3 heteroatoms. The number of aliphatic hydroxyl groups is 1. The van der Waals surface area contributed by atoms with Gasteiger partial charge in [0.05, 0.1) is 0 Å². The van der Waals surface area contributed by atoms with Gasteiger partial charge in [0.2, 0.25) is 0 Å². The Hall–Kier alpha value is -0.120. The average Bonchev–Trinajstić information content (AvgIpc) is 3.27. The number of nitrogens with one attached hydrogen (secondary N) is 1. The van der Waals surface area contributed by atoms with Gasteiger partial charge in [-0.05, 0) is 63.3 Å². The maximum atomic E-state index is 9.01. The second kappa shape index (κ2) is 5.89. The number of aliphatic hydroxyl groups excluding tert-OH is 1. The molecule has 1 aliphatic heterocycles. The predicted molar refractivity (Wildman–Crippen MR) is 73.5 cm³/mol. The first-order chi connectivity index (χ1) is 8.85. The molecule has 3 nitrogen and oxygen atoms in total. The Morgan fingerprint density at radius 3 is 2.56 bits per heavy atom. The second-order valence-corrected chi connectivity index (χ2v) is 6.70. The van der Waals surface area contributed by atoms with Crippen LogP contribution in [0.4, 0.5) is 0 Å². The molecule has 104 valence electrons. The highest BCUT2D eigenvalue weighted by Gasteiger charge is 2.36. The molecule has 0 radical (unpaired) electrons. The van der Waals surface area contributed by atoms with Gasteiger partial charge < -0.3 is 10.4 Å². The summed E-state index contributed by atoms with van der Waals surface area (Å²) in [5.74, 6) is 1.79. The molecule has 2 saturated carbocycles. The van der Waals surface area contributed by atoms with E-state index in [1.165, 1.54) is 58.2 Å². The minimum absolute atomic E-state index is 0.361. The first-order valence-electron chi connectivity index (χ1n) is 7.93. The van der Waals surface area contributed by atoms with Gasteiger partial charge in [0.1, 0.15) is 0 Å². The standard InChI is InChI=1S/C15H28N2O/c18-7-1-2-13-8-14(16-9-12-3-4-12)11-17(10-13)15-5-6-15/h12-16,18H,1-11H2. The SMILES string of the molecule is OCCCC1CC(NCC2CC2)CN(C2CC2)C1. The number of piperidine rings is 1. The highest BCUT2D eigenvalue weighted by atomic mass is 16.2. The third-order valence-corrected chi connectivity index (χ3v) is 4.79. The van der Waals surface area contributed by atoms with Gasteiger partial charge in [-0.2, -0.15) is 0 Å². The molecule has 0 aromatic heterocycles. The monoisotopic (exact) mass is 252 g/mol. The number of rotatable bonds is 7. The molecule has 1 heterocycles.